The predicted molar refractivity (Wildman–Crippen MR) is 130 cm³/mol. The molecule has 0 N–H and O–H groups in total. The SMILES string of the molecule is COCCOCCOCCOCCOCCOCCOc1ccc(C#Cc2ccccc2)cc1. The van der Waals surface area contributed by atoms with E-state index >= 15 is 0 Å². The summed E-state index contributed by atoms with van der Waals surface area (Å²) in [6.07, 6.45) is 0. The van der Waals surface area contributed by atoms with Gasteiger partial charge in [-0.05, 0) is 36.4 Å². The minimum Gasteiger partial charge on any atom is -0.491 e. The van der Waals surface area contributed by atoms with E-state index in [-0.39, 0.29) is 0 Å². The van der Waals surface area contributed by atoms with E-state index in [1.165, 1.54) is 0 Å². The van der Waals surface area contributed by atoms with Gasteiger partial charge in [0.2, 0.25) is 0 Å². The Labute approximate surface area is 203 Å². The van der Waals surface area contributed by atoms with Gasteiger partial charge in [-0.25, -0.2) is 0 Å². The van der Waals surface area contributed by atoms with E-state index in [4.69, 9.17) is 33.2 Å². The maximum Gasteiger partial charge on any atom is 0.119 e. The molecule has 34 heavy (non-hydrogen) atoms. The van der Waals surface area contributed by atoms with E-state index in [9.17, 15) is 0 Å². The minimum atomic E-state index is 0.482. The lowest BCUT2D eigenvalue weighted by molar-refractivity contribution is -0.0159. The second-order valence-corrected chi connectivity index (χ2v) is 7.04. The fraction of sp³-hybridized carbons (Fsp3) is 0.481. The smallest absolute Gasteiger partial charge is 0.119 e. The molecule has 0 heterocycles. The number of benzene rings is 2. The third kappa shape index (κ3) is 14.7. The number of methoxy groups -OCH3 is 1. The lowest BCUT2D eigenvalue weighted by Crippen LogP contribution is -2.14. The van der Waals surface area contributed by atoms with Gasteiger partial charge >= 0.3 is 0 Å². The van der Waals surface area contributed by atoms with Crippen LogP contribution in [-0.2, 0) is 28.4 Å². The molecule has 0 saturated carbocycles. The monoisotopic (exact) mass is 472 g/mol. The van der Waals surface area contributed by atoms with E-state index in [2.05, 4.69) is 11.8 Å². The zero-order valence-corrected chi connectivity index (χ0v) is 20.0. The van der Waals surface area contributed by atoms with Crippen LogP contribution in [0.25, 0.3) is 0 Å². The highest BCUT2D eigenvalue weighted by Gasteiger charge is 1.96. The Morgan fingerprint density at radius 3 is 1.35 bits per heavy atom. The van der Waals surface area contributed by atoms with Crippen molar-refractivity contribution in [3.63, 3.8) is 0 Å². The molecular formula is C27H36O7. The van der Waals surface area contributed by atoms with Crippen LogP contribution < -0.4 is 4.74 Å². The van der Waals surface area contributed by atoms with Gasteiger partial charge < -0.3 is 33.2 Å². The number of hydrogen-bond donors (Lipinski definition) is 0. The van der Waals surface area contributed by atoms with Gasteiger partial charge in [0.1, 0.15) is 12.4 Å². The molecule has 0 saturated heterocycles. The average molecular weight is 473 g/mol. The number of rotatable bonds is 19. The molecule has 0 amide bonds. The first kappa shape index (κ1) is 27.8. The van der Waals surface area contributed by atoms with Crippen LogP contribution in [0.15, 0.2) is 54.6 Å². The summed E-state index contributed by atoms with van der Waals surface area (Å²) >= 11 is 0. The number of ether oxygens (including phenoxy) is 7. The molecule has 0 aromatic heterocycles. The lowest BCUT2D eigenvalue weighted by atomic mass is 10.2. The predicted octanol–water partition coefficient (Wildman–Crippen LogP) is 3.19. The first-order valence-corrected chi connectivity index (χ1v) is 11.6. The van der Waals surface area contributed by atoms with Crippen molar-refractivity contribution in [2.75, 3.05) is 86.4 Å². The summed E-state index contributed by atoms with van der Waals surface area (Å²) in [5.74, 6) is 7.09. The molecule has 0 aliphatic heterocycles. The summed E-state index contributed by atoms with van der Waals surface area (Å²) in [6.45, 7) is 6.47. The Morgan fingerprint density at radius 1 is 0.471 bits per heavy atom. The molecule has 7 nitrogen and oxygen atoms in total. The fourth-order valence-electron chi connectivity index (χ4n) is 2.64. The molecule has 7 heteroatoms. The van der Waals surface area contributed by atoms with Gasteiger partial charge in [0.15, 0.2) is 0 Å². The molecule has 0 aliphatic rings. The van der Waals surface area contributed by atoms with Crippen LogP contribution >= 0.6 is 0 Å². The standard InChI is InChI=1S/C27H36O7/c1-28-13-14-29-15-16-30-17-18-31-19-20-32-21-22-33-23-24-34-27-11-9-26(10-12-27)8-7-25-5-3-2-4-6-25/h2-6,9-12H,13-24H2,1H3. The van der Waals surface area contributed by atoms with Gasteiger partial charge in [-0.3, -0.25) is 0 Å². The van der Waals surface area contributed by atoms with Crippen LogP contribution in [0.5, 0.6) is 5.75 Å². The maximum atomic E-state index is 5.69. The second kappa shape index (κ2) is 20.0. The third-order valence-corrected chi connectivity index (χ3v) is 4.40. The summed E-state index contributed by atoms with van der Waals surface area (Å²) < 4.78 is 37.7. The Balaban J connectivity index is 1.35. The zero-order chi connectivity index (χ0) is 23.9. The molecule has 0 radical (unpaired) electrons. The van der Waals surface area contributed by atoms with Gasteiger partial charge in [-0.2, -0.15) is 0 Å². The minimum absolute atomic E-state index is 0.482. The van der Waals surface area contributed by atoms with Crippen molar-refractivity contribution in [3.8, 4) is 17.6 Å². The molecule has 0 fully saturated rings. The molecule has 2 aromatic carbocycles. The van der Waals surface area contributed by atoms with Gasteiger partial charge in [-0.15, -0.1) is 0 Å². The van der Waals surface area contributed by atoms with Crippen LogP contribution in [0.4, 0.5) is 0 Å². The van der Waals surface area contributed by atoms with Crippen LogP contribution in [0.3, 0.4) is 0 Å². The summed E-state index contributed by atoms with van der Waals surface area (Å²) in [4.78, 5) is 0. The molecule has 0 spiro atoms. The van der Waals surface area contributed by atoms with Crippen molar-refractivity contribution >= 4 is 0 Å². The van der Waals surface area contributed by atoms with Gasteiger partial charge in [0, 0.05) is 18.2 Å². The normalized spacial score (nSPS) is 10.6. The molecule has 0 aliphatic carbocycles. The maximum absolute atomic E-state index is 5.69. The quantitative estimate of drug-likeness (QED) is 0.230. The molecule has 186 valence electrons. The van der Waals surface area contributed by atoms with Crippen LogP contribution in [-0.4, -0.2) is 86.4 Å². The molecule has 2 rings (SSSR count). The van der Waals surface area contributed by atoms with Gasteiger partial charge in [0.05, 0.1) is 72.7 Å². The molecule has 2 aromatic rings. The Bertz CT molecular complexity index is 784. The first-order chi connectivity index (χ1) is 16.9. The summed E-state index contributed by atoms with van der Waals surface area (Å²) in [5, 5.41) is 0. The lowest BCUT2D eigenvalue weighted by Gasteiger charge is -2.09. The summed E-state index contributed by atoms with van der Waals surface area (Å²) in [6, 6.07) is 17.7. The summed E-state index contributed by atoms with van der Waals surface area (Å²) in [5.41, 5.74) is 1.95. The number of hydrogen-bond acceptors (Lipinski definition) is 7. The van der Waals surface area contributed by atoms with Crippen molar-refractivity contribution in [1.29, 1.82) is 0 Å². The second-order valence-electron chi connectivity index (χ2n) is 7.04. The van der Waals surface area contributed by atoms with E-state index in [1.807, 2.05) is 54.6 Å². The Kier molecular flexibility index (Phi) is 16.3. The van der Waals surface area contributed by atoms with Crippen molar-refractivity contribution in [2.45, 2.75) is 0 Å². The topological polar surface area (TPSA) is 64.6 Å². The largest absolute Gasteiger partial charge is 0.491 e. The van der Waals surface area contributed by atoms with E-state index in [1.54, 1.807) is 7.11 Å². The highest BCUT2D eigenvalue weighted by atomic mass is 16.6. The van der Waals surface area contributed by atoms with E-state index in [0.29, 0.717) is 79.3 Å². The fourth-order valence-corrected chi connectivity index (χ4v) is 2.64. The van der Waals surface area contributed by atoms with E-state index in [0.717, 1.165) is 16.9 Å². The first-order valence-electron chi connectivity index (χ1n) is 11.6. The zero-order valence-electron chi connectivity index (χ0n) is 20.0. The van der Waals surface area contributed by atoms with Crippen molar-refractivity contribution < 1.29 is 33.2 Å². The highest BCUT2D eigenvalue weighted by molar-refractivity contribution is 5.44. The summed E-state index contributed by atoms with van der Waals surface area (Å²) in [7, 11) is 1.65. The van der Waals surface area contributed by atoms with Crippen LogP contribution in [0, 0.1) is 11.8 Å². The van der Waals surface area contributed by atoms with Crippen LogP contribution in [0.2, 0.25) is 0 Å². The van der Waals surface area contributed by atoms with Crippen molar-refractivity contribution in [1.82, 2.24) is 0 Å². The molecular weight excluding hydrogens is 436 g/mol. The average Bonchev–Trinajstić information content (AvgIpc) is 2.88. The van der Waals surface area contributed by atoms with Gasteiger partial charge in [-0.1, -0.05) is 30.0 Å². The molecule has 0 atom stereocenters. The molecule has 0 bridgehead atoms. The van der Waals surface area contributed by atoms with Crippen molar-refractivity contribution in [3.05, 3.63) is 65.7 Å². The Morgan fingerprint density at radius 2 is 0.882 bits per heavy atom. The van der Waals surface area contributed by atoms with Gasteiger partial charge in [0.25, 0.3) is 0 Å². The van der Waals surface area contributed by atoms with E-state index < -0.39 is 0 Å². The van der Waals surface area contributed by atoms with Crippen LogP contribution in [0.1, 0.15) is 11.1 Å². The highest BCUT2D eigenvalue weighted by Crippen LogP contribution is 2.11. The Hall–Kier alpha value is -2.44. The van der Waals surface area contributed by atoms with Crippen molar-refractivity contribution in [2.24, 2.45) is 0 Å². The third-order valence-electron chi connectivity index (χ3n) is 4.40. The molecule has 0 unspecified atom stereocenters.